The van der Waals surface area contributed by atoms with E-state index in [-0.39, 0.29) is 0 Å². The van der Waals surface area contributed by atoms with Gasteiger partial charge in [0.2, 0.25) is 0 Å². The molecule has 0 radical (unpaired) electrons. The lowest BCUT2D eigenvalue weighted by atomic mass is 10.3. The standard InChI is InChI=1S/C12H14N2/c1-11(7-9-13)8-10-14-12-5-3-2-4-6-12/h2-10H,13H2,1H3/b9-7+,11-8+,14-10?. The normalized spacial score (nSPS) is 12.8. The van der Waals surface area contributed by atoms with E-state index in [1.807, 2.05) is 49.4 Å². The SMILES string of the molecule is CC(/C=C/N)=C\C=Nc1ccccc1. The Morgan fingerprint density at radius 3 is 2.64 bits per heavy atom. The largest absolute Gasteiger partial charge is 0.405 e. The fourth-order valence-electron chi connectivity index (χ4n) is 0.962. The van der Waals surface area contributed by atoms with Crippen LogP contribution < -0.4 is 5.73 Å². The topological polar surface area (TPSA) is 38.4 Å². The molecule has 0 fully saturated rings. The second-order valence-electron chi connectivity index (χ2n) is 2.88. The number of aliphatic imine (C=N–C) groups is 1. The van der Waals surface area contributed by atoms with Crippen LogP contribution in [0.5, 0.6) is 0 Å². The molecule has 0 bridgehead atoms. The highest BCUT2D eigenvalue weighted by atomic mass is 14.7. The Hall–Kier alpha value is -1.83. The molecule has 2 N–H and O–H groups in total. The first-order valence-electron chi connectivity index (χ1n) is 4.47. The van der Waals surface area contributed by atoms with Crippen molar-refractivity contribution < 1.29 is 0 Å². The summed E-state index contributed by atoms with van der Waals surface area (Å²) in [6, 6.07) is 9.81. The fraction of sp³-hybridized carbons (Fsp3) is 0.0833. The van der Waals surface area contributed by atoms with Gasteiger partial charge < -0.3 is 5.73 Å². The molecule has 1 aromatic rings. The van der Waals surface area contributed by atoms with Gasteiger partial charge >= 0.3 is 0 Å². The monoisotopic (exact) mass is 186 g/mol. The van der Waals surface area contributed by atoms with Gasteiger partial charge in [0.1, 0.15) is 0 Å². The molecule has 72 valence electrons. The summed E-state index contributed by atoms with van der Waals surface area (Å²) in [6.07, 6.45) is 7.03. The molecule has 0 atom stereocenters. The third-order valence-corrected chi connectivity index (χ3v) is 1.68. The predicted octanol–water partition coefficient (Wildman–Crippen LogP) is 2.81. The van der Waals surface area contributed by atoms with Gasteiger partial charge in [-0.05, 0) is 43.0 Å². The Bertz CT molecular complexity index is 348. The average molecular weight is 186 g/mol. The van der Waals surface area contributed by atoms with Crippen LogP contribution in [0.1, 0.15) is 6.92 Å². The van der Waals surface area contributed by atoms with E-state index in [1.165, 1.54) is 6.20 Å². The van der Waals surface area contributed by atoms with Crippen LogP contribution in [0.15, 0.2) is 59.2 Å². The van der Waals surface area contributed by atoms with Gasteiger partial charge in [0, 0.05) is 6.21 Å². The summed E-state index contributed by atoms with van der Waals surface area (Å²) >= 11 is 0. The Morgan fingerprint density at radius 2 is 2.00 bits per heavy atom. The van der Waals surface area contributed by atoms with E-state index in [9.17, 15) is 0 Å². The quantitative estimate of drug-likeness (QED) is 0.572. The summed E-state index contributed by atoms with van der Waals surface area (Å²) in [5, 5.41) is 0. The van der Waals surface area contributed by atoms with Crippen molar-refractivity contribution in [2.75, 3.05) is 0 Å². The average Bonchev–Trinajstić information content (AvgIpc) is 2.20. The zero-order chi connectivity index (χ0) is 10.2. The van der Waals surface area contributed by atoms with Gasteiger partial charge in [0.15, 0.2) is 0 Å². The molecule has 0 saturated heterocycles. The van der Waals surface area contributed by atoms with Crippen molar-refractivity contribution in [2.24, 2.45) is 10.7 Å². The lowest BCUT2D eigenvalue weighted by molar-refractivity contribution is 1.48. The predicted molar refractivity (Wildman–Crippen MR) is 61.7 cm³/mol. The van der Waals surface area contributed by atoms with Gasteiger partial charge in [-0.15, -0.1) is 0 Å². The zero-order valence-corrected chi connectivity index (χ0v) is 8.22. The maximum absolute atomic E-state index is 5.25. The highest BCUT2D eigenvalue weighted by Gasteiger charge is 1.81. The molecule has 0 aliphatic rings. The molecule has 0 unspecified atom stereocenters. The highest BCUT2D eigenvalue weighted by molar-refractivity contribution is 5.75. The first kappa shape index (κ1) is 10.3. The molecule has 1 rings (SSSR count). The van der Waals surface area contributed by atoms with Crippen molar-refractivity contribution in [1.82, 2.24) is 0 Å². The fourth-order valence-corrected chi connectivity index (χ4v) is 0.962. The summed E-state index contributed by atoms with van der Waals surface area (Å²) in [7, 11) is 0. The van der Waals surface area contributed by atoms with E-state index in [0.717, 1.165) is 11.3 Å². The minimum Gasteiger partial charge on any atom is -0.405 e. The maximum Gasteiger partial charge on any atom is 0.0629 e. The molecule has 2 heteroatoms. The van der Waals surface area contributed by atoms with Crippen molar-refractivity contribution in [3.63, 3.8) is 0 Å². The lowest BCUT2D eigenvalue weighted by Crippen LogP contribution is -1.77. The molecule has 0 amide bonds. The van der Waals surface area contributed by atoms with Crippen molar-refractivity contribution in [1.29, 1.82) is 0 Å². The smallest absolute Gasteiger partial charge is 0.0629 e. The highest BCUT2D eigenvalue weighted by Crippen LogP contribution is 2.08. The first-order valence-corrected chi connectivity index (χ1v) is 4.47. The Balaban J connectivity index is 2.62. The maximum atomic E-state index is 5.25. The van der Waals surface area contributed by atoms with Crippen LogP contribution in [0.25, 0.3) is 0 Å². The summed E-state index contributed by atoms with van der Waals surface area (Å²) in [6.45, 7) is 1.97. The molecule has 1 aromatic carbocycles. The number of rotatable bonds is 3. The van der Waals surface area contributed by atoms with Crippen molar-refractivity contribution in [3.05, 3.63) is 54.3 Å². The number of para-hydroxylation sites is 1. The molecule has 0 saturated carbocycles. The number of hydrogen-bond acceptors (Lipinski definition) is 2. The number of hydrogen-bond donors (Lipinski definition) is 1. The Kier molecular flexibility index (Phi) is 4.21. The molecule has 0 aliphatic carbocycles. The van der Waals surface area contributed by atoms with Crippen molar-refractivity contribution >= 4 is 11.9 Å². The first-order chi connectivity index (χ1) is 6.83. The Labute approximate surface area is 84.5 Å². The molecule has 0 aromatic heterocycles. The van der Waals surface area contributed by atoms with E-state index < -0.39 is 0 Å². The van der Waals surface area contributed by atoms with Gasteiger partial charge in [-0.3, -0.25) is 4.99 Å². The molecule has 0 spiro atoms. The zero-order valence-electron chi connectivity index (χ0n) is 8.22. The number of allylic oxidation sites excluding steroid dienone is 3. The number of benzene rings is 1. The van der Waals surface area contributed by atoms with Crippen LogP contribution in [0.4, 0.5) is 5.69 Å². The summed E-state index contributed by atoms with van der Waals surface area (Å²) in [5.74, 6) is 0. The third kappa shape index (κ3) is 3.72. The van der Waals surface area contributed by atoms with Gasteiger partial charge in [-0.1, -0.05) is 18.2 Å². The number of nitrogens with two attached hydrogens (primary N) is 1. The van der Waals surface area contributed by atoms with E-state index in [1.54, 1.807) is 6.21 Å². The van der Waals surface area contributed by atoms with Crippen LogP contribution in [0.2, 0.25) is 0 Å². The molecular formula is C12H14N2. The van der Waals surface area contributed by atoms with E-state index in [2.05, 4.69) is 4.99 Å². The molecule has 14 heavy (non-hydrogen) atoms. The van der Waals surface area contributed by atoms with Crippen molar-refractivity contribution in [2.45, 2.75) is 6.92 Å². The van der Waals surface area contributed by atoms with Gasteiger partial charge in [-0.2, -0.15) is 0 Å². The second kappa shape index (κ2) is 5.75. The van der Waals surface area contributed by atoms with Crippen molar-refractivity contribution in [3.8, 4) is 0 Å². The van der Waals surface area contributed by atoms with E-state index in [4.69, 9.17) is 5.73 Å². The minimum absolute atomic E-state index is 0.952. The lowest BCUT2D eigenvalue weighted by Gasteiger charge is -1.89. The number of nitrogens with zero attached hydrogens (tertiary/aromatic N) is 1. The van der Waals surface area contributed by atoms with Crippen LogP contribution >= 0.6 is 0 Å². The Morgan fingerprint density at radius 1 is 1.29 bits per heavy atom. The van der Waals surface area contributed by atoms with Crippen LogP contribution in [0, 0.1) is 0 Å². The van der Waals surface area contributed by atoms with Crippen LogP contribution in [-0.2, 0) is 0 Å². The summed E-state index contributed by atoms with van der Waals surface area (Å²) in [5.41, 5.74) is 7.27. The second-order valence-corrected chi connectivity index (χ2v) is 2.88. The molecule has 2 nitrogen and oxygen atoms in total. The molecular weight excluding hydrogens is 172 g/mol. The van der Waals surface area contributed by atoms with Crippen LogP contribution in [0.3, 0.4) is 0 Å². The van der Waals surface area contributed by atoms with Gasteiger partial charge in [-0.25, -0.2) is 0 Å². The third-order valence-electron chi connectivity index (χ3n) is 1.68. The van der Waals surface area contributed by atoms with Crippen LogP contribution in [-0.4, -0.2) is 6.21 Å². The van der Waals surface area contributed by atoms with E-state index >= 15 is 0 Å². The summed E-state index contributed by atoms with van der Waals surface area (Å²) in [4.78, 5) is 4.25. The minimum atomic E-state index is 0.952. The van der Waals surface area contributed by atoms with Gasteiger partial charge in [0.25, 0.3) is 0 Å². The van der Waals surface area contributed by atoms with E-state index in [0.29, 0.717) is 0 Å². The van der Waals surface area contributed by atoms with Gasteiger partial charge in [0.05, 0.1) is 5.69 Å². The molecule has 0 aliphatic heterocycles. The molecule has 0 heterocycles. The summed E-state index contributed by atoms with van der Waals surface area (Å²) < 4.78 is 0.